The Bertz CT molecular complexity index is 6160. The van der Waals surface area contributed by atoms with Crippen molar-refractivity contribution in [3.8, 4) is 56.3 Å². The van der Waals surface area contributed by atoms with Crippen LogP contribution < -0.4 is 0 Å². The van der Waals surface area contributed by atoms with Crippen LogP contribution in [0.3, 0.4) is 0 Å². The fourth-order valence-corrected chi connectivity index (χ4v) is 16.3. The van der Waals surface area contributed by atoms with Crippen LogP contribution in [-0.4, -0.2) is 88.4 Å². The molecule has 4 aromatic heterocycles. The summed E-state index contributed by atoms with van der Waals surface area (Å²) in [5.41, 5.74) is 17.8. The smallest absolute Gasteiger partial charge is 0.253 e. The summed E-state index contributed by atoms with van der Waals surface area (Å²) >= 11 is 0. The molecule has 0 aliphatic heterocycles. The summed E-state index contributed by atoms with van der Waals surface area (Å²) in [4.78, 5) is 84.9. The van der Waals surface area contributed by atoms with E-state index in [9.17, 15) is 64.9 Å². The van der Waals surface area contributed by atoms with Crippen LogP contribution in [0.2, 0.25) is 0 Å². The number of aromatic hydroxyl groups is 2. The van der Waals surface area contributed by atoms with Crippen LogP contribution in [0.5, 0.6) is 11.5 Å². The minimum Gasteiger partial charge on any atom is -0.508 e. The first kappa shape index (κ1) is 83.5. The van der Waals surface area contributed by atoms with Crippen molar-refractivity contribution in [1.29, 1.82) is 0 Å². The number of pyridine rings is 3. The highest BCUT2D eigenvalue weighted by molar-refractivity contribution is 5.98. The number of allylic oxidation sites excluding steroid dienone is 6. The summed E-state index contributed by atoms with van der Waals surface area (Å²) in [5.74, 6) is -5.35. The summed E-state index contributed by atoms with van der Waals surface area (Å²) in [7, 11) is 3.37. The number of fused-ring (bicyclic) bond motifs is 3. The summed E-state index contributed by atoms with van der Waals surface area (Å²) in [6.07, 6.45) is 15.7. The lowest BCUT2D eigenvalue weighted by atomic mass is 9.85. The lowest BCUT2D eigenvalue weighted by Crippen LogP contribution is -2.21. The van der Waals surface area contributed by atoms with Crippen molar-refractivity contribution < 1.29 is 64.9 Å². The van der Waals surface area contributed by atoms with Crippen molar-refractivity contribution in [3.05, 3.63) is 381 Å². The van der Waals surface area contributed by atoms with Crippen LogP contribution in [0.4, 0.5) is 30.7 Å². The number of H-pyrrole nitrogens is 1. The standard InChI is InChI=1S/C34H30F2N2O3.C33H26F3NO2.C33H26F2N4O2/c1-38(2)34(41)25-6-3-5-23(16-25)31-7-4-12-37-33(31)26(13-21-14-27(35)19-28(36)15-21)18-30(40)17-24-9-8-22-10-11-29(39)20-32(22)24;1-20(38)23-4-2-5-24(15-23)31-6-3-11-37-33(31)26(12-21-13-28(35)18-29(36)14-21)17-30(39)16-25-8-7-22-9-10-27(34)19-32(22)25;34-26-12-20(13-27(35)17-26)11-25(16-29(41)15-23-7-6-21-8-9-28(40)18-31(21)23)32-30(5-2-10-36-32)22-3-1-4-24(14-22)33-37-19-38-39-33/h3-7,9-12,14-16,19-20,26,39H,8,13,17-18H2,1-2H3;2-6,8-11,13-15,18-19,26H,7,12,16-17H2,1H3;1-5,7-10,12-14,17-19,25,40H,6,11,15-16H2,(H,37,38,39)/t2*26-;25-/m111/s1. The number of phenols is 2. The van der Waals surface area contributed by atoms with Gasteiger partial charge in [0.25, 0.3) is 5.91 Å². The zero-order valence-corrected chi connectivity index (χ0v) is 66.3. The number of phenolic OH excluding ortho intramolecular Hbond substituents is 2. The van der Waals surface area contributed by atoms with Crippen molar-refractivity contribution in [3.63, 3.8) is 0 Å². The Morgan fingerprint density at radius 3 is 1.13 bits per heavy atom. The van der Waals surface area contributed by atoms with E-state index < -0.39 is 52.7 Å². The summed E-state index contributed by atoms with van der Waals surface area (Å²) in [6.45, 7) is 1.49. The molecular formula is C100H82F7N7O7. The molecule has 0 saturated carbocycles. The highest BCUT2D eigenvalue weighted by Crippen LogP contribution is 2.42. The average Bonchev–Trinajstić information content (AvgIpc) is 0.873. The molecule has 0 radical (unpaired) electrons. The number of amides is 1. The molecule has 0 saturated heterocycles. The third kappa shape index (κ3) is 21.0. The molecular weight excluding hydrogens is 1540 g/mol. The number of Topliss-reactive ketones (excluding diaryl/α,β-unsaturated/α-hetero) is 4. The van der Waals surface area contributed by atoms with Crippen molar-refractivity contribution in [1.82, 2.24) is 35.0 Å². The molecule has 3 atom stereocenters. The van der Waals surface area contributed by atoms with Crippen molar-refractivity contribution >= 4 is 45.8 Å². The molecule has 0 bridgehead atoms. The van der Waals surface area contributed by atoms with Gasteiger partial charge in [-0.25, -0.2) is 35.7 Å². The maximum absolute atomic E-state index is 14.1. The number of carbonyl (C=O) groups is 5. The zero-order chi connectivity index (χ0) is 85.0. The second kappa shape index (κ2) is 37.8. The van der Waals surface area contributed by atoms with Crippen LogP contribution in [-0.2, 0) is 52.9 Å². The fourth-order valence-electron chi connectivity index (χ4n) is 16.3. The van der Waals surface area contributed by atoms with E-state index in [2.05, 4.69) is 25.1 Å². The number of hydrogen-bond donors (Lipinski definition) is 3. The molecule has 13 aromatic rings. The van der Waals surface area contributed by atoms with Crippen molar-refractivity contribution in [2.24, 2.45) is 0 Å². The third-order valence-corrected chi connectivity index (χ3v) is 21.7. The molecule has 16 rings (SSSR count). The number of carbonyl (C=O) groups excluding carboxylic acids is 5. The van der Waals surface area contributed by atoms with Gasteiger partial charge in [0.2, 0.25) is 0 Å². The number of hydrogen-bond acceptors (Lipinski definition) is 12. The molecule has 3 aliphatic carbocycles. The molecule has 3 aliphatic rings. The van der Waals surface area contributed by atoms with Gasteiger partial charge in [0.05, 0.1) is 17.1 Å². The second-order valence-electron chi connectivity index (χ2n) is 30.7. The topological polar surface area (TPSA) is 209 Å². The lowest BCUT2D eigenvalue weighted by Gasteiger charge is -2.20. The van der Waals surface area contributed by atoms with E-state index in [1.165, 1.54) is 66.7 Å². The van der Waals surface area contributed by atoms with Crippen LogP contribution in [0.15, 0.2) is 262 Å². The molecule has 9 aromatic carbocycles. The largest absolute Gasteiger partial charge is 0.508 e. The van der Waals surface area contributed by atoms with E-state index in [0.717, 1.165) is 107 Å². The monoisotopic (exact) mass is 1630 g/mol. The molecule has 1 amide bonds. The van der Waals surface area contributed by atoms with Gasteiger partial charge in [0, 0.05) is 141 Å². The van der Waals surface area contributed by atoms with E-state index in [-0.39, 0.29) is 104 Å². The number of halogens is 7. The predicted molar refractivity (Wildman–Crippen MR) is 451 cm³/mol. The quantitative estimate of drug-likeness (QED) is 0.0324. The Balaban J connectivity index is 0.000000148. The summed E-state index contributed by atoms with van der Waals surface area (Å²) in [6, 6.07) is 58.3. The number of nitrogens with one attached hydrogen (secondary N) is 1. The first-order valence-corrected chi connectivity index (χ1v) is 39.5. The lowest BCUT2D eigenvalue weighted by molar-refractivity contribution is -0.119. The van der Waals surface area contributed by atoms with E-state index in [0.29, 0.717) is 70.0 Å². The Morgan fingerprint density at radius 2 is 0.744 bits per heavy atom. The maximum Gasteiger partial charge on any atom is 0.253 e. The molecule has 0 unspecified atom stereocenters. The fraction of sp³-hybridized carbons (Fsp3) is 0.180. The van der Waals surface area contributed by atoms with Gasteiger partial charge in [-0.2, -0.15) is 5.10 Å². The van der Waals surface area contributed by atoms with Crippen molar-refractivity contribution in [2.45, 2.75) is 102 Å². The first-order chi connectivity index (χ1) is 58.4. The van der Waals surface area contributed by atoms with E-state index in [1.54, 1.807) is 112 Å². The average molecular weight is 1630 g/mol. The number of aromatic amines is 1. The SMILES string of the molecule is CC(=O)c1cccc(-c2cccnc2[C@@H](CC(=O)CC2=CCc3ccc(F)cc32)Cc2cc(F)cc(F)c2)c1.CN(C)C(=O)c1cccc(-c2cccnc2[C@@H](CC(=O)CC2=CCc3ccc(O)cc32)Cc2cc(F)cc(F)c2)c1.O=C(CC1=CCc2ccc(O)cc21)C[C@@H](Cc1cc(F)cc(F)c1)c1ncccc1-c1cccc(-c2ncn[nH]2)c1. The Kier molecular flexibility index (Phi) is 26.1. The molecule has 121 heavy (non-hydrogen) atoms. The van der Waals surface area contributed by atoms with Crippen LogP contribution in [0.25, 0.3) is 61.5 Å². The minimum absolute atomic E-state index is 0.0265. The molecule has 3 N–H and O–H groups in total. The number of nitrogens with zero attached hydrogens (tertiary/aromatic N) is 6. The molecule has 14 nitrogen and oxygen atoms in total. The van der Waals surface area contributed by atoms with Crippen LogP contribution in [0, 0.1) is 40.7 Å². The van der Waals surface area contributed by atoms with Gasteiger partial charge in [-0.05, 0) is 244 Å². The minimum atomic E-state index is -0.694. The number of ketones is 4. The second-order valence-corrected chi connectivity index (χ2v) is 30.7. The van der Waals surface area contributed by atoms with Gasteiger partial charge >= 0.3 is 0 Å². The Labute approximate surface area is 694 Å². The molecule has 0 fully saturated rings. The van der Waals surface area contributed by atoms with Crippen molar-refractivity contribution in [2.75, 3.05) is 14.1 Å². The highest BCUT2D eigenvalue weighted by atomic mass is 19.2. The molecule has 0 spiro atoms. The molecule has 21 heteroatoms. The van der Waals surface area contributed by atoms with Gasteiger partial charge < -0.3 is 15.1 Å². The first-order valence-electron chi connectivity index (χ1n) is 39.5. The van der Waals surface area contributed by atoms with Gasteiger partial charge in [-0.15, -0.1) is 0 Å². The van der Waals surface area contributed by atoms with E-state index in [4.69, 9.17) is 4.98 Å². The Morgan fingerprint density at radius 1 is 0.380 bits per heavy atom. The van der Waals surface area contributed by atoms with Crippen LogP contribution in [0.1, 0.15) is 151 Å². The number of rotatable bonds is 27. The summed E-state index contributed by atoms with van der Waals surface area (Å²) in [5, 5.41) is 26.8. The van der Waals surface area contributed by atoms with Gasteiger partial charge in [0.15, 0.2) is 11.6 Å². The predicted octanol–water partition coefficient (Wildman–Crippen LogP) is 21.3. The van der Waals surface area contributed by atoms with Gasteiger partial charge in [0.1, 0.15) is 75.9 Å². The number of benzene rings is 9. The summed E-state index contributed by atoms with van der Waals surface area (Å²) < 4.78 is 98.6. The van der Waals surface area contributed by atoms with E-state index >= 15 is 0 Å². The highest BCUT2D eigenvalue weighted by Gasteiger charge is 2.30. The molecule has 4 heterocycles. The van der Waals surface area contributed by atoms with E-state index in [1.807, 2.05) is 91.0 Å². The number of aromatic nitrogens is 6. The Hall–Kier alpha value is -14.0. The van der Waals surface area contributed by atoms with Gasteiger partial charge in [-0.3, -0.25) is 44.0 Å². The normalized spacial score (nSPS) is 13.0. The molecule has 608 valence electrons. The maximum atomic E-state index is 14.1. The third-order valence-electron chi connectivity index (χ3n) is 21.7. The van der Waals surface area contributed by atoms with Crippen LogP contribution >= 0.6 is 0 Å². The van der Waals surface area contributed by atoms with Gasteiger partial charge in [-0.1, -0.05) is 103 Å². The zero-order valence-electron chi connectivity index (χ0n) is 66.3.